The number of nitrogens with zero attached hydrogens (tertiary/aromatic N) is 1. The summed E-state index contributed by atoms with van der Waals surface area (Å²) in [5, 5.41) is 9.17. The summed E-state index contributed by atoms with van der Waals surface area (Å²) >= 11 is 0. The fourth-order valence-corrected chi connectivity index (χ4v) is 3.21. The van der Waals surface area contributed by atoms with Crippen LogP contribution in [0.2, 0.25) is 0 Å². The largest absolute Gasteiger partial charge is 0.490 e. The van der Waals surface area contributed by atoms with Gasteiger partial charge < -0.3 is 20.1 Å². The number of hydrazone groups is 1. The summed E-state index contributed by atoms with van der Waals surface area (Å²) < 4.78 is 11.3. The van der Waals surface area contributed by atoms with Gasteiger partial charge in [-0.2, -0.15) is 5.10 Å². The van der Waals surface area contributed by atoms with Crippen molar-refractivity contribution in [2.45, 2.75) is 26.8 Å². The lowest BCUT2D eigenvalue weighted by Crippen LogP contribution is -2.32. The maximum absolute atomic E-state index is 12.2. The Balaban J connectivity index is 1.51. The van der Waals surface area contributed by atoms with E-state index in [1.807, 2.05) is 56.3 Å². The Labute approximate surface area is 215 Å². The predicted molar refractivity (Wildman–Crippen MR) is 142 cm³/mol. The van der Waals surface area contributed by atoms with Gasteiger partial charge >= 0.3 is 11.8 Å². The molecule has 0 saturated heterocycles. The third-order valence-electron chi connectivity index (χ3n) is 5.16. The number of nitrogens with one attached hydrogen (secondary N) is 3. The van der Waals surface area contributed by atoms with Crippen molar-refractivity contribution < 1.29 is 23.9 Å². The van der Waals surface area contributed by atoms with Gasteiger partial charge in [-0.3, -0.25) is 14.4 Å². The van der Waals surface area contributed by atoms with Gasteiger partial charge in [0.15, 0.2) is 18.1 Å². The Hall–Kier alpha value is -4.66. The normalized spacial score (nSPS) is 10.5. The number of amides is 3. The van der Waals surface area contributed by atoms with E-state index >= 15 is 0 Å². The van der Waals surface area contributed by atoms with Crippen LogP contribution in [0.15, 0.2) is 77.9 Å². The van der Waals surface area contributed by atoms with Crippen molar-refractivity contribution in [2.24, 2.45) is 5.10 Å². The van der Waals surface area contributed by atoms with Crippen molar-refractivity contribution >= 4 is 29.6 Å². The molecule has 0 saturated carbocycles. The monoisotopic (exact) mass is 502 g/mol. The number of carbonyl (C=O) groups is 3. The van der Waals surface area contributed by atoms with Gasteiger partial charge in [-0.1, -0.05) is 49.4 Å². The molecular formula is C28H30N4O5. The maximum Gasteiger partial charge on any atom is 0.329 e. The minimum atomic E-state index is -0.901. The van der Waals surface area contributed by atoms with E-state index in [0.717, 1.165) is 17.5 Å². The lowest BCUT2D eigenvalue weighted by Gasteiger charge is -2.12. The molecule has 3 N–H and O–H groups in total. The molecule has 0 unspecified atom stereocenters. The first-order chi connectivity index (χ1) is 18.0. The molecule has 3 amide bonds. The highest BCUT2D eigenvalue weighted by molar-refractivity contribution is 6.39. The summed E-state index contributed by atoms with van der Waals surface area (Å²) in [6.07, 6.45) is 2.26. The van der Waals surface area contributed by atoms with Crippen LogP contribution < -0.4 is 25.5 Å². The van der Waals surface area contributed by atoms with Gasteiger partial charge in [0.2, 0.25) is 0 Å². The highest BCUT2D eigenvalue weighted by Gasteiger charge is 2.13. The minimum absolute atomic E-state index is 0.174. The van der Waals surface area contributed by atoms with E-state index in [-0.39, 0.29) is 12.5 Å². The Morgan fingerprint density at radius 3 is 2.30 bits per heavy atom. The maximum atomic E-state index is 12.2. The summed E-state index contributed by atoms with van der Waals surface area (Å²) in [5.74, 6) is -1.18. The molecule has 192 valence electrons. The SMILES string of the molecule is CCOc1cc(/C=N\NC(=O)C(=O)Nc2ccc(CC)cc2)ccc1OCC(=O)NCc1ccccc1. The fourth-order valence-electron chi connectivity index (χ4n) is 3.21. The minimum Gasteiger partial charge on any atom is -0.490 e. The van der Waals surface area contributed by atoms with Crippen molar-refractivity contribution in [1.29, 1.82) is 0 Å². The van der Waals surface area contributed by atoms with Crippen LogP contribution in [0, 0.1) is 0 Å². The summed E-state index contributed by atoms with van der Waals surface area (Å²) in [4.78, 5) is 36.3. The molecule has 0 aromatic heterocycles. The number of hydrogen-bond donors (Lipinski definition) is 3. The predicted octanol–water partition coefficient (Wildman–Crippen LogP) is 3.43. The van der Waals surface area contributed by atoms with Crippen LogP contribution in [0.25, 0.3) is 0 Å². The van der Waals surface area contributed by atoms with Crippen LogP contribution in [-0.4, -0.2) is 37.1 Å². The molecule has 0 aliphatic heterocycles. The highest BCUT2D eigenvalue weighted by Crippen LogP contribution is 2.28. The van der Waals surface area contributed by atoms with Crippen molar-refractivity contribution in [1.82, 2.24) is 10.7 Å². The molecule has 0 bridgehead atoms. The molecule has 0 spiro atoms. The summed E-state index contributed by atoms with van der Waals surface area (Å²) in [6, 6.07) is 21.8. The van der Waals surface area contributed by atoms with Crippen LogP contribution in [0.4, 0.5) is 5.69 Å². The van der Waals surface area contributed by atoms with E-state index in [4.69, 9.17) is 9.47 Å². The lowest BCUT2D eigenvalue weighted by atomic mass is 10.1. The molecule has 3 aromatic rings. The number of carbonyl (C=O) groups excluding carboxylic acids is 3. The fraction of sp³-hybridized carbons (Fsp3) is 0.214. The Bertz CT molecular complexity index is 1230. The molecule has 37 heavy (non-hydrogen) atoms. The zero-order chi connectivity index (χ0) is 26.5. The van der Waals surface area contributed by atoms with Crippen LogP contribution in [0.1, 0.15) is 30.5 Å². The van der Waals surface area contributed by atoms with Crippen molar-refractivity contribution in [3.05, 3.63) is 89.5 Å². The van der Waals surface area contributed by atoms with Gasteiger partial charge in [0, 0.05) is 12.2 Å². The van der Waals surface area contributed by atoms with Gasteiger partial charge in [0.05, 0.1) is 12.8 Å². The van der Waals surface area contributed by atoms with E-state index in [9.17, 15) is 14.4 Å². The van der Waals surface area contributed by atoms with Gasteiger partial charge in [-0.25, -0.2) is 5.43 Å². The third-order valence-corrected chi connectivity index (χ3v) is 5.16. The molecule has 3 rings (SSSR count). The summed E-state index contributed by atoms with van der Waals surface area (Å²) in [5.41, 5.74) is 5.44. The number of anilines is 1. The molecule has 0 aliphatic rings. The number of benzene rings is 3. The third kappa shape index (κ3) is 8.81. The zero-order valence-corrected chi connectivity index (χ0v) is 20.8. The molecular weight excluding hydrogens is 472 g/mol. The first-order valence-corrected chi connectivity index (χ1v) is 11.9. The van der Waals surface area contributed by atoms with Crippen LogP contribution in [0.3, 0.4) is 0 Å². The van der Waals surface area contributed by atoms with Gasteiger partial charge in [-0.15, -0.1) is 0 Å². The standard InChI is InChI=1S/C28H30N4O5/c1-3-20-10-13-23(14-11-20)31-27(34)28(35)32-30-18-22-12-15-24(25(16-22)36-4-2)37-19-26(33)29-17-21-8-6-5-7-9-21/h5-16,18H,3-4,17,19H2,1-2H3,(H,29,33)(H,31,34)(H,32,35)/b30-18-. The number of hydrogen-bond acceptors (Lipinski definition) is 6. The molecule has 0 aliphatic carbocycles. The Morgan fingerprint density at radius 2 is 1.59 bits per heavy atom. The topological polar surface area (TPSA) is 118 Å². The quantitative estimate of drug-likeness (QED) is 0.211. The van der Waals surface area contributed by atoms with Crippen LogP contribution in [0.5, 0.6) is 11.5 Å². The molecule has 9 heteroatoms. The number of rotatable bonds is 11. The summed E-state index contributed by atoms with van der Waals surface area (Å²) in [7, 11) is 0. The Kier molecular flexibility index (Phi) is 10.2. The first kappa shape index (κ1) is 26.9. The van der Waals surface area contributed by atoms with E-state index in [2.05, 4.69) is 21.2 Å². The van der Waals surface area contributed by atoms with Crippen molar-refractivity contribution in [3.63, 3.8) is 0 Å². The van der Waals surface area contributed by atoms with E-state index in [1.165, 1.54) is 6.21 Å². The van der Waals surface area contributed by atoms with E-state index < -0.39 is 11.8 Å². The average molecular weight is 503 g/mol. The molecule has 0 heterocycles. The van der Waals surface area contributed by atoms with Gasteiger partial charge in [-0.05, 0) is 60.4 Å². The first-order valence-electron chi connectivity index (χ1n) is 11.9. The average Bonchev–Trinajstić information content (AvgIpc) is 2.92. The molecule has 0 radical (unpaired) electrons. The number of aryl methyl sites for hydroxylation is 1. The lowest BCUT2D eigenvalue weighted by molar-refractivity contribution is -0.136. The molecule has 0 atom stereocenters. The van der Waals surface area contributed by atoms with Crippen molar-refractivity contribution in [2.75, 3.05) is 18.5 Å². The van der Waals surface area contributed by atoms with Gasteiger partial charge in [0.1, 0.15) is 0 Å². The van der Waals surface area contributed by atoms with E-state index in [0.29, 0.717) is 35.9 Å². The van der Waals surface area contributed by atoms with Crippen LogP contribution in [-0.2, 0) is 27.3 Å². The number of ether oxygens (including phenoxy) is 2. The van der Waals surface area contributed by atoms with E-state index in [1.54, 1.807) is 30.3 Å². The molecule has 9 nitrogen and oxygen atoms in total. The smallest absolute Gasteiger partial charge is 0.329 e. The van der Waals surface area contributed by atoms with Crippen LogP contribution >= 0.6 is 0 Å². The zero-order valence-electron chi connectivity index (χ0n) is 20.8. The summed E-state index contributed by atoms with van der Waals surface area (Å²) in [6.45, 7) is 4.47. The molecule has 3 aromatic carbocycles. The second-order valence-corrected chi connectivity index (χ2v) is 7.89. The molecule has 0 fully saturated rings. The Morgan fingerprint density at radius 1 is 0.838 bits per heavy atom. The highest BCUT2D eigenvalue weighted by atomic mass is 16.5. The van der Waals surface area contributed by atoms with Gasteiger partial charge in [0.25, 0.3) is 5.91 Å². The second kappa shape index (κ2) is 14.0. The second-order valence-electron chi connectivity index (χ2n) is 7.89. The van der Waals surface area contributed by atoms with Crippen molar-refractivity contribution in [3.8, 4) is 11.5 Å².